The summed E-state index contributed by atoms with van der Waals surface area (Å²) in [7, 11) is 0.0617. The van der Waals surface area contributed by atoms with Crippen molar-refractivity contribution in [2.75, 3.05) is 26.0 Å². The maximum absolute atomic E-state index is 11.4. The van der Waals surface area contributed by atoms with Gasteiger partial charge in [0.25, 0.3) is 5.69 Å². The molecule has 0 unspecified atom stereocenters. The fourth-order valence-corrected chi connectivity index (χ4v) is 3.77. The number of likely N-dealkylation sites (N-methyl/N-ethyl adjacent to an activating group) is 1. The van der Waals surface area contributed by atoms with Gasteiger partial charge in [0.2, 0.25) is 10.0 Å². The number of nitrogens with two attached hydrogens (primary N) is 1. The van der Waals surface area contributed by atoms with Crippen LogP contribution in [0.25, 0.3) is 0 Å². The molecular weight excluding hydrogens is 332 g/mol. The third-order valence-electron chi connectivity index (χ3n) is 4.84. The summed E-state index contributed by atoms with van der Waals surface area (Å²) in [5.41, 5.74) is -0.0319. The summed E-state index contributed by atoms with van der Waals surface area (Å²) in [4.78, 5) is 12.6. The van der Waals surface area contributed by atoms with Crippen LogP contribution in [-0.2, 0) is 10.0 Å². The molecule has 0 atom stereocenters. The third-order valence-corrected chi connectivity index (χ3v) is 5.75. The van der Waals surface area contributed by atoms with E-state index in [0.29, 0.717) is 12.2 Å². The van der Waals surface area contributed by atoms with Crippen LogP contribution >= 0.6 is 0 Å². The molecule has 1 saturated carbocycles. The lowest BCUT2D eigenvalue weighted by Crippen LogP contribution is -2.51. The quantitative estimate of drug-likeness (QED) is 0.594. The molecule has 0 saturated heterocycles. The van der Waals surface area contributed by atoms with Gasteiger partial charge in [-0.15, -0.1) is 0 Å². The lowest BCUT2D eigenvalue weighted by atomic mass is 9.80. The normalized spacial score (nSPS) is 17.7. The van der Waals surface area contributed by atoms with Crippen LogP contribution in [0.15, 0.2) is 23.1 Å². The summed E-state index contributed by atoms with van der Waals surface area (Å²) in [6, 6.07) is 3.69. The molecule has 0 radical (unpaired) electrons. The number of rotatable bonds is 6. The van der Waals surface area contributed by atoms with Gasteiger partial charge in [-0.3, -0.25) is 10.1 Å². The van der Waals surface area contributed by atoms with Gasteiger partial charge in [0, 0.05) is 18.2 Å². The Bertz CT molecular complexity index is 712. The molecule has 1 aliphatic rings. The number of anilines is 1. The standard InChI is InChI=1S/C15H24N4O4S/c1-18(2)15(8-4-3-5-9-15)11-17-13-7-6-12(24(16,22)23)10-14(13)19(20)21/h6-7,10,17H,3-5,8-9,11H2,1-2H3,(H2,16,22,23). The second-order valence-electron chi connectivity index (χ2n) is 6.51. The minimum Gasteiger partial charge on any atom is -0.378 e. The van der Waals surface area contributed by atoms with Gasteiger partial charge in [-0.1, -0.05) is 19.3 Å². The maximum atomic E-state index is 11.4. The molecule has 1 fully saturated rings. The number of benzene rings is 1. The van der Waals surface area contributed by atoms with Gasteiger partial charge in [-0.25, -0.2) is 13.6 Å². The Hall–Kier alpha value is -1.71. The van der Waals surface area contributed by atoms with E-state index in [9.17, 15) is 18.5 Å². The van der Waals surface area contributed by atoms with Crippen LogP contribution in [0.5, 0.6) is 0 Å². The lowest BCUT2D eigenvalue weighted by Gasteiger charge is -2.43. The summed E-state index contributed by atoms with van der Waals surface area (Å²) < 4.78 is 22.8. The Morgan fingerprint density at radius 1 is 1.29 bits per heavy atom. The predicted molar refractivity (Wildman–Crippen MR) is 92.5 cm³/mol. The zero-order valence-electron chi connectivity index (χ0n) is 14.0. The molecule has 0 heterocycles. The Kier molecular flexibility index (Phi) is 5.46. The smallest absolute Gasteiger partial charge is 0.293 e. The average molecular weight is 356 g/mol. The molecule has 3 N–H and O–H groups in total. The van der Waals surface area contributed by atoms with Gasteiger partial charge in [-0.05, 0) is 39.1 Å². The van der Waals surface area contributed by atoms with E-state index in [1.165, 1.54) is 18.6 Å². The summed E-state index contributed by atoms with van der Waals surface area (Å²) in [5, 5.41) is 19.5. The van der Waals surface area contributed by atoms with Crippen LogP contribution < -0.4 is 10.5 Å². The molecule has 0 bridgehead atoms. The zero-order valence-corrected chi connectivity index (χ0v) is 14.8. The van der Waals surface area contributed by atoms with E-state index < -0.39 is 14.9 Å². The van der Waals surface area contributed by atoms with Crippen molar-refractivity contribution in [2.24, 2.45) is 5.14 Å². The molecule has 0 aliphatic heterocycles. The van der Waals surface area contributed by atoms with Crippen LogP contribution in [0.1, 0.15) is 32.1 Å². The fourth-order valence-electron chi connectivity index (χ4n) is 3.24. The lowest BCUT2D eigenvalue weighted by molar-refractivity contribution is -0.384. The van der Waals surface area contributed by atoms with Crippen molar-refractivity contribution in [3.05, 3.63) is 28.3 Å². The highest BCUT2D eigenvalue weighted by Crippen LogP contribution is 2.34. The molecule has 1 aromatic carbocycles. The fraction of sp³-hybridized carbons (Fsp3) is 0.600. The topological polar surface area (TPSA) is 119 Å². The molecule has 1 aliphatic carbocycles. The van der Waals surface area contributed by atoms with Crippen LogP contribution in [0.4, 0.5) is 11.4 Å². The summed E-state index contributed by atoms with van der Waals surface area (Å²) in [5.74, 6) is 0. The first-order chi connectivity index (χ1) is 11.2. The Balaban J connectivity index is 2.27. The van der Waals surface area contributed by atoms with Crippen molar-refractivity contribution < 1.29 is 13.3 Å². The Morgan fingerprint density at radius 2 is 1.92 bits per heavy atom. The number of nitrogens with zero attached hydrogens (tertiary/aromatic N) is 2. The van der Waals surface area contributed by atoms with Crippen LogP contribution in [0, 0.1) is 10.1 Å². The van der Waals surface area contributed by atoms with E-state index in [2.05, 4.69) is 10.2 Å². The van der Waals surface area contributed by atoms with Crippen molar-refractivity contribution >= 4 is 21.4 Å². The SMILES string of the molecule is CN(C)C1(CNc2ccc(S(N)(=O)=O)cc2[N+](=O)[O-])CCCCC1. The van der Waals surface area contributed by atoms with Gasteiger partial charge in [0.05, 0.1) is 9.82 Å². The Labute approximate surface area is 142 Å². The minimum atomic E-state index is -3.98. The first-order valence-electron chi connectivity index (χ1n) is 7.88. The molecular formula is C15H24N4O4S. The monoisotopic (exact) mass is 356 g/mol. The second kappa shape index (κ2) is 7.04. The van der Waals surface area contributed by atoms with E-state index in [4.69, 9.17) is 5.14 Å². The Morgan fingerprint density at radius 3 is 2.42 bits per heavy atom. The van der Waals surface area contributed by atoms with Gasteiger partial charge in [0.15, 0.2) is 0 Å². The highest BCUT2D eigenvalue weighted by atomic mass is 32.2. The number of hydrogen-bond acceptors (Lipinski definition) is 6. The van der Waals surface area contributed by atoms with E-state index in [1.807, 2.05) is 14.1 Å². The molecule has 1 aromatic rings. The molecule has 0 amide bonds. The van der Waals surface area contributed by atoms with Crippen molar-refractivity contribution in [2.45, 2.75) is 42.5 Å². The molecule has 0 aromatic heterocycles. The van der Waals surface area contributed by atoms with Gasteiger partial charge in [0.1, 0.15) is 5.69 Å². The predicted octanol–water partition coefficient (Wildman–Crippen LogP) is 1.92. The molecule has 2 rings (SSSR count). The molecule has 134 valence electrons. The van der Waals surface area contributed by atoms with E-state index in [-0.39, 0.29) is 16.1 Å². The van der Waals surface area contributed by atoms with Gasteiger partial charge < -0.3 is 10.2 Å². The van der Waals surface area contributed by atoms with Crippen LogP contribution in [0.2, 0.25) is 0 Å². The average Bonchev–Trinajstić information content (AvgIpc) is 2.52. The first-order valence-corrected chi connectivity index (χ1v) is 9.43. The van der Waals surface area contributed by atoms with E-state index in [0.717, 1.165) is 31.7 Å². The zero-order chi connectivity index (χ0) is 18.0. The first kappa shape index (κ1) is 18.6. The minimum absolute atomic E-state index is 0.0509. The third kappa shape index (κ3) is 4.03. The number of hydrogen-bond donors (Lipinski definition) is 2. The van der Waals surface area contributed by atoms with Crippen molar-refractivity contribution in [3.63, 3.8) is 0 Å². The molecule has 9 heteroatoms. The van der Waals surface area contributed by atoms with E-state index >= 15 is 0 Å². The highest BCUT2D eigenvalue weighted by Gasteiger charge is 2.34. The number of nitro groups is 1. The summed E-state index contributed by atoms with van der Waals surface area (Å²) in [6.07, 6.45) is 5.52. The van der Waals surface area contributed by atoms with Gasteiger partial charge in [-0.2, -0.15) is 0 Å². The molecule has 0 spiro atoms. The molecule has 8 nitrogen and oxygen atoms in total. The summed E-state index contributed by atoms with van der Waals surface area (Å²) in [6.45, 7) is 0.565. The van der Waals surface area contributed by atoms with Crippen molar-refractivity contribution in [1.29, 1.82) is 0 Å². The molecule has 24 heavy (non-hydrogen) atoms. The highest BCUT2D eigenvalue weighted by molar-refractivity contribution is 7.89. The maximum Gasteiger partial charge on any atom is 0.293 e. The van der Waals surface area contributed by atoms with Crippen LogP contribution in [0.3, 0.4) is 0 Å². The van der Waals surface area contributed by atoms with Crippen LogP contribution in [-0.4, -0.2) is 44.4 Å². The second-order valence-corrected chi connectivity index (χ2v) is 8.08. The van der Waals surface area contributed by atoms with E-state index in [1.54, 1.807) is 0 Å². The van der Waals surface area contributed by atoms with Gasteiger partial charge >= 0.3 is 0 Å². The van der Waals surface area contributed by atoms with Crippen molar-refractivity contribution in [1.82, 2.24) is 4.90 Å². The summed E-state index contributed by atoms with van der Waals surface area (Å²) >= 11 is 0. The number of sulfonamides is 1. The van der Waals surface area contributed by atoms with Crippen molar-refractivity contribution in [3.8, 4) is 0 Å². The number of nitrogens with one attached hydrogen (secondary N) is 1. The number of primary sulfonamides is 1. The largest absolute Gasteiger partial charge is 0.378 e. The number of nitro benzene ring substituents is 1.